The fraction of sp³-hybridized carbons (Fsp3) is 0.217. The van der Waals surface area contributed by atoms with Gasteiger partial charge in [0.1, 0.15) is 11.5 Å². The van der Waals surface area contributed by atoms with E-state index in [1.54, 1.807) is 16.8 Å². The number of nitrogens with zero attached hydrogens (tertiary/aromatic N) is 4. The molecule has 2 aromatic heterocycles. The van der Waals surface area contributed by atoms with Gasteiger partial charge in [0, 0.05) is 16.3 Å². The molecule has 0 aliphatic heterocycles. The average molecular weight is 436 g/mol. The zero-order valence-electron chi connectivity index (χ0n) is 17.7. The predicted molar refractivity (Wildman–Crippen MR) is 119 cm³/mol. The maximum Gasteiger partial charge on any atom is 0.278 e. The van der Waals surface area contributed by atoms with Crippen molar-refractivity contribution >= 4 is 23.2 Å². The molecule has 2 aromatic carbocycles. The summed E-state index contributed by atoms with van der Waals surface area (Å²) in [4.78, 5) is 17.4. The summed E-state index contributed by atoms with van der Waals surface area (Å²) in [7, 11) is 0. The Morgan fingerprint density at radius 3 is 2.58 bits per heavy atom. The molecule has 31 heavy (non-hydrogen) atoms. The number of benzene rings is 2. The number of oxazole rings is 1. The lowest BCUT2D eigenvalue weighted by molar-refractivity contribution is 0.102. The standard InChI is InChI=1S/C23H22ClN5O2/c1-13-6-5-7-19(14(13)2)25-22(30)21-15(3)29(28-27-21)12-20-16(4)31-23(26-20)17-8-10-18(24)11-9-17/h5-11H,12H2,1-4H3,(H,25,30). The van der Waals surface area contributed by atoms with Crippen molar-refractivity contribution in [2.24, 2.45) is 0 Å². The number of amides is 1. The summed E-state index contributed by atoms with van der Waals surface area (Å²) in [5, 5.41) is 11.8. The van der Waals surface area contributed by atoms with Crippen LogP contribution in [0, 0.1) is 27.7 Å². The van der Waals surface area contributed by atoms with Crippen LogP contribution in [-0.4, -0.2) is 25.9 Å². The fourth-order valence-corrected chi connectivity index (χ4v) is 3.35. The van der Waals surface area contributed by atoms with Crippen molar-refractivity contribution in [3.8, 4) is 11.5 Å². The summed E-state index contributed by atoms with van der Waals surface area (Å²) in [6, 6.07) is 13.1. The Balaban J connectivity index is 1.54. The number of hydrogen-bond donors (Lipinski definition) is 1. The van der Waals surface area contributed by atoms with Crippen molar-refractivity contribution in [1.82, 2.24) is 20.0 Å². The highest BCUT2D eigenvalue weighted by Crippen LogP contribution is 2.24. The SMILES string of the molecule is Cc1cccc(NC(=O)c2nnn(Cc3nc(-c4ccc(Cl)cc4)oc3C)c2C)c1C. The molecule has 0 aliphatic rings. The normalized spacial score (nSPS) is 11.0. The molecular formula is C23H22ClN5O2. The van der Waals surface area contributed by atoms with Gasteiger partial charge >= 0.3 is 0 Å². The van der Waals surface area contributed by atoms with E-state index in [9.17, 15) is 4.79 Å². The minimum Gasteiger partial charge on any atom is -0.441 e. The first-order valence-corrected chi connectivity index (χ1v) is 10.2. The summed E-state index contributed by atoms with van der Waals surface area (Å²) in [6.07, 6.45) is 0. The lowest BCUT2D eigenvalue weighted by atomic mass is 10.1. The first kappa shape index (κ1) is 20.8. The maximum atomic E-state index is 12.8. The van der Waals surface area contributed by atoms with E-state index in [1.807, 2.05) is 58.0 Å². The Kier molecular flexibility index (Phi) is 5.61. The second-order valence-electron chi connectivity index (χ2n) is 7.41. The summed E-state index contributed by atoms with van der Waals surface area (Å²) < 4.78 is 7.46. The molecule has 2 heterocycles. The average Bonchev–Trinajstić information content (AvgIpc) is 3.29. The van der Waals surface area contributed by atoms with Crippen LogP contribution in [0.15, 0.2) is 46.9 Å². The lowest BCUT2D eigenvalue weighted by Crippen LogP contribution is -2.15. The molecule has 1 amide bonds. The zero-order chi connectivity index (χ0) is 22.1. The molecule has 4 rings (SSSR count). The van der Waals surface area contributed by atoms with E-state index in [0.717, 1.165) is 28.1 Å². The number of aromatic nitrogens is 4. The van der Waals surface area contributed by atoms with Crippen LogP contribution in [0.1, 0.15) is 38.8 Å². The smallest absolute Gasteiger partial charge is 0.278 e. The molecule has 0 atom stereocenters. The molecule has 0 fully saturated rings. The number of aryl methyl sites for hydroxylation is 2. The summed E-state index contributed by atoms with van der Waals surface area (Å²) in [6.45, 7) is 7.99. The van der Waals surface area contributed by atoms with Gasteiger partial charge in [0.25, 0.3) is 5.91 Å². The Labute approximate surface area is 185 Å². The molecule has 1 N–H and O–H groups in total. The number of hydrogen-bond acceptors (Lipinski definition) is 5. The number of anilines is 1. The van der Waals surface area contributed by atoms with E-state index in [-0.39, 0.29) is 11.6 Å². The van der Waals surface area contributed by atoms with Crippen LogP contribution in [0.25, 0.3) is 11.5 Å². The second-order valence-corrected chi connectivity index (χ2v) is 7.85. The molecule has 158 valence electrons. The van der Waals surface area contributed by atoms with Gasteiger partial charge in [-0.2, -0.15) is 0 Å². The largest absolute Gasteiger partial charge is 0.441 e. The first-order valence-electron chi connectivity index (χ1n) is 9.83. The molecule has 0 radical (unpaired) electrons. The minimum absolute atomic E-state index is 0.278. The van der Waals surface area contributed by atoms with Gasteiger partial charge in [0.05, 0.1) is 12.2 Å². The number of carbonyl (C=O) groups is 1. The van der Waals surface area contributed by atoms with Crippen molar-refractivity contribution in [2.75, 3.05) is 5.32 Å². The van der Waals surface area contributed by atoms with Gasteiger partial charge in [-0.05, 0) is 69.2 Å². The Morgan fingerprint density at radius 1 is 1.10 bits per heavy atom. The number of nitrogens with one attached hydrogen (secondary N) is 1. The van der Waals surface area contributed by atoms with Crippen molar-refractivity contribution in [3.63, 3.8) is 0 Å². The Bertz CT molecular complexity index is 1260. The molecule has 0 aliphatic carbocycles. The highest BCUT2D eigenvalue weighted by molar-refractivity contribution is 6.30. The van der Waals surface area contributed by atoms with Crippen molar-refractivity contribution in [3.05, 3.63) is 81.5 Å². The lowest BCUT2D eigenvalue weighted by Gasteiger charge is -2.09. The molecule has 0 saturated carbocycles. The third kappa shape index (κ3) is 4.22. The first-order chi connectivity index (χ1) is 14.8. The van der Waals surface area contributed by atoms with Gasteiger partial charge in [-0.15, -0.1) is 5.10 Å². The van der Waals surface area contributed by atoms with Crippen LogP contribution in [-0.2, 0) is 6.54 Å². The van der Waals surface area contributed by atoms with Crippen LogP contribution >= 0.6 is 11.6 Å². The van der Waals surface area contributed by atoms with E-state index in [0.29, 0.717) is 28.9 Å². The summed E-state index contributed by atoms with van der Waals surface area (Å²) >= 11 is 5.95. The molecule has 0 saturated heterocycles. The second kappa shape index (κ2) is 8.35. The monoisotopic (exact) mass is 435 g/mol. The van der Waals surface area contributed by atoms with Crippen LogP contribution in [0.4, 0.5) is 5.69 Å². The van der Waals surface area contributed by atoms with Crippen LogP contribution in [0.5, 0.6) is 0 Å². The summed E-state index contributed by atoms with van der Waals surface area (Å²) in [5.41, 5.74) is 5.38. The Morgan fingerprint density at radius 2 is 1.84 bits per heavy atom. The third-order valence-corrected chi connectivity index (χ3v) is 5.59. The molecule has 8 heteroatoms. The van der Waals surface area contributed by atoms with Crippen LogP contribution in [0.2, 0.25) is 5.02 Å². The minimum atomic E-state index is -0.295. The van der Waals surface area contributed by atoms with Gasteiger partial charge in [-0.25, -0.2) is 9.67 Å². The van der Waals surface area contributed by atoms with E-state index in [2.05, 4.69) is 20.6 Å². The zero-order valence-corrected chi connectivity index (χ0v) is 18.5. The molecule has 0 spiro atoms. The van der Waals surface area contributed by atoms with E-state index in [1.165, 1.54) is 0 Å². The molecular weight excluding hydrogens is 414 g/mol. The summed E-state index contributed by atoms with van der Waals surface area (Å²) in [5.74, 6) is 0.896. The van der Waals surface area contributed by atoms with Crippen LogP contribution in [0.3, 0.4) is 0 Å². The van der Waals surface area contributed by atoms with Crippen molar-refractivity contribution < 1.29 is 9.21 Å². The quantitative estimate of drug-likeness (QED) is 0.470. The molecule has 4 aromatic rings. The number of halogens is 1. The maximum absolute atomic E-state index is 12.8. The van der Waals surface area contributed by atoms with Crippen LogP contribution < -0.4 is 5.32 Å². The van der Waals surface area contributed by atoms with Crippen molar-refractivity contribution in [1.29, 1.82) is 0 Å². The van der Waals surface area contributed by atoms with Gasteiger partial charge in [0.2, 0.25) is 5.89 Å². The molecule has 0 unspecified atom stereocenters. The third-order valence-electron chi connectivity index (χ3n) is 5.33. The van der Waals surface area contributed by atoms with E-state index >= 15 is 0 Å². The van der Waals surface area contributed by atoms with Gasteiger partial charge in [0.15, 0.2) is 5.69 Å². The number of carbonyl (C=O) groups excluding carboxylic acids is 1. The topological polar surface area (TPSA) is 85.8 Å². The van der Waals surface area contributed by atoms with E-state index < -0.39 is 0 Å². The van der Waals surface area contributed by atoms with Gasteiger partial charge in [-0.3, -0.25) is 4.79 Å². The van der Waals surface area contributed by atoms with Gasteiger partial charge in [-0.1, -0.05) is 28.9 Å². The highest BCUT2D eigenvalue weighted by Gasteiger charge is 2.20. The highest BCUT2D eigenvalue weighted by atomic mass is 35.5. The van der Waals surface area contributed by atoms with Gasteiger partial charge < -0.3 is 9.73 Å². The van der Waals surface area contributed by atoms with E-state index in [4.69, 9.17) is 16.0 Å². The predicted octanol–water partition coefficient (Wildman–Crippen LogP) is 5.12. The Hall–Kier alpha value is -3.45. The molecule has 7 nitrogen and oxygen atoms in total. The fourth-order valence-electron chi connectivity index (χ4n) is 3.22. The number of rotatable bonds is 5. The van der Waals surface area contributed by atoms with Crippen molar-refractivity contribution in [2.45, 2.75) is 34.2 Å². The molecule has 0 bridgehead atoms.